The minimum absolute atomic E-state index is 0.0186. The first-order chi connectivity index (χ1) is 10.8. The molecule has 1 saturated heterocycles. The maximum atomic E-state index is 5.77. The highest BCUT2D eigenvalue weighted by Crippen LogP contribution is 2.19. The predicted molar refractivity (Wildman–Crippen MR) is 87.0 cm³/mol. The van der Waals surface area contributed by atoms with Crippen LogP contribution >= 0.6 is 0 Å². The molecular weight excluding hydrogens is 276 g/mol. The van der Waals surface area contributed by atoms with E-state index >= 15 is 0 Å². The van der Waals surface area contributed by atoms with Crippen molar-refractivity contribution >= 4 is 5.82 Å². The largest absolute Gasteiger partial charge is 0.370 e. The van der Waals surface area contributed by atoms with Crippen LogP contribution in [0.25, 0.3) is 0 Å². The lowest BCUT2D eigenvalue weighted by Gasteiger charge is -2.23. The molecule has 5 nitrogen and oxygen atoms in total. The highest BCUT2D eigenvalue weighted by atomic mass is 16.5. The molecule has 1 aromatic heterocycles. The summed E-state index contributed by atoms with van der Waals surface area (Å²) in [6.45, 7) is 5.21. The number of nitrogens with zero attached hydrogens (tertiary/aromatic N) is 2. The van der Waals surface area contributed by atoms with E-state index in [1.54, 1.807) is 0 Å². The summed E-state index contributed by atoms with van der Waals surface area (Å²) >= 11 is 0. The topological polar surface area (TPSA) is 59.1 Å². The Bertz CT molecular complexity index is 597. The number of ether oxygens (including phenoxy) is 1. The second-order valence-corrected chi connectivity index (χ2v) is 5.45. The molecule has 1 aromatic carbocycles. The van der Waals surface area contributed by atoms with Crippen LogP contribution in [0.1, 0.15) is 23.2 Å². The van der Waals surface area contributed by atoms with Crippen LogP contribution in [0, 0.1) is 6.92 Å². The van der Waals surface area contributed by atoms with Gasteiger partial charge in [0.25, 0.3) is 0 Å². The van der Waals surface area contributed by atoms with Crippen molar-refractivity contribution in [1.82, 2.24) is 15.3 Å². The summed E-state index contributed by atoms with van der Waals surface area (Å²) in [4.78, 5) is 8.97. The molecule has 0 spiro atoms. The number of hydrogen-bond acceptors (Lipinski definition) is 5. The Morgan fingerprint density at radius 2 is 2.14 bits per heavy atom. The van der Waals surface area contributed by atoms with E-state index in [2.05, 4.69) is 44.9 Å². The molecule has 0 unspecified atom stereocenters. The number of aryl methyl sites for hydroxylation is 1. The van der Waals surface area contributed by atoms with Crippen molar-refractivity contribution in [2.45, 2.75) is 19.4 Å². The third-order valence-corrected chi connectivity index (χ3v) is 3.68. The lowest BCUT2D eigenvalue weighted by atomic mass is 10.1. The van der Waals surface area contributed by atoms with Crippen LogP contribution in [0.4, 0.5) is 5.82 Å². The first kappa shape index (κ1) is 14.9. The summed E-state index contributed by atoms with van der Waals surface area (Å²) in [5.74, 6) is 1.64. The van der Waals surface area contributed by atoms with Gasteiger partial charge in [-0.3, -0.25) is 0 Å². The fourth-order valence-electron chi connectivity index (χ4n) is 2.58. The molecule has 2 N–H and O–H groups in total. The van der Waals surface area contributed by atoms with Crippen molar-refractivity contribution in [3.63, 3.8) is 0 Å². The maximum absolute atomic E-state index is 5.77. The van der Waals surface area contributed by atoms with Gasteiger partial charge < -0.3 is 15.4 Å². The molecule has 5 heteroatoms. The zero-order valence-electron chi connectivity index (χ0n) is 12.9. The van der Waals surface area contributed by atoms with Crippen molar-refractivity contribution in [1.29, 1.82) is 0 Å². The first-order valence-corrected chi connectivity index (χ1v) is 7.77. The van der Waals surface area contributed by atoms with E-state index in [4.69, 9.17) is 4.74 Å². The Balaban J connectivity index is 1.62. The second kappa shape index (κ2) is 7.33. The minimum Gasteiger partial charge on any atom is -0.370 e. The Morgan fingerprint density at radius 3 is 2.91 bits per heavy atom. The summed E-state index contributed by atoms with van der Waals surface area (Å²) in [6, 6.07) is 12.4. The summed E-state index contributed by atoms with van der Waals surface area (Å²) in [5, 5.41) is 6.72. The SMILES string of the molecule is Cc1nc(NCCc2ccccc2)cc([C@H]2CNCCO2)n1. The van der Waals surface area contributed by atoms with Gasteiger partial charge in [-0.05, 0) is 18.9 Å². The van der Waals surface area contributed by atoms with Gasteiger partial charge in [0.05, 0.1) is 12.3 Å². The van der Waals surface area contributed by atoms with Crippen LogP contribution in [0.2, 0.25) is 0 Å². The van der Waals surface area contributed by atoms with E-state index in [-0.39, 0.29) is 6.10 Å². The van der Waals surface area contributed by atoms with E-state index < -0.39 is 0 Å². The van der Waals surface area contributed by atoms with Crippen LogP contribution in [0.3, 0.4) is 0 Å². The van der Waals surface area contributed by atoms with Crippen molar-refractivity contribution in [3.05, 3.63) is 53.5 Å². The summed E-state index contributed by atoms with van der Waals surface area (Å²) in [5.41, 5.74) is 2.27. The minimum atomic E-state index is 0.0186. The molecule has 1 fully saturated rings. The van der Waals surface area contributed by atoms with E-state index in [0.717, 1.165) is 50.0 Å². The van der Waals surface area contributed by atoms with Gasteiger partial charge in [-0.25, -0.2) is 9.97 Å². The monoisotopic (exact) mass is 298 g/mol. The van der Waals surface area contributed by atoms with Crippen LogP contribution in [-0.2, 0) is 11.2 Å². The molecular formula is C17H22N4O. The van der Waals surface area contributed by atoms with Gasteiger partial charge in [-0.2, -0.15) is 0 Å². The van der Waals surface area contributed by atoms with Crippen molar-refractivity contribution in [2.75, 3.05) is 31.6 Å². The Labute approximate surface area is 131 Å². The van der Waals surface area contributed by atoms with Crippen molar-refractivity contribution in [2.24, 2.45) is 0 Å². The molecule has 116 valence electrons. The molecule has 1 atom stereocenters. The molecule has 0 bridgehead atoms. The lowest BCUT2D eigenvalue weighted by molar-refractivity contribution is 0.0249. The number of anilines is 1. The number of rotatable bonds is 5. The number of nitrogens with one attached hydrogen (secondary N) is 2. The Morgan fingerprint density at radius 1 is 1.27 bits per heavy atom. The van der Waals surface area contributed by atoms with Gasteiger partial charge in [0, 0.05) is 25.7 Å². The predicted octanol–water partition coefficient (Wildman–Crippen LogP) is 2.10. The van der Waals surface area contributed by atoms with Crippen LogP contribution in [0.5, 0.6) is 0 Å². The smallest absolute Gasteiger partial charge is 0.130 e. The highest BCUT2D eigenvalue weighted by Gasteiger charge is 2.18. The quantitative estimate of drug-likeness (QED) is 0.885. The van der Waals surface area contributed by atoms with Crippen LogP contribution in [-0.4, -0.2) is 36.2 Å². The fraction of sp³-hybridized carbons (Fsp3) is 0.412. The zero-order chi connectivity index (χ0) is 15.2. The lowest BCUT2D eigenvalue weighted by Crippen LogP contribution is -2.34. The van der Waals surface area contributed by atoms with E-state index in [9.17, 15) is 0 Å². The van der Waals surface area contributed by atoms with Gasteiger partial charge in [0.15, 0.2) is 0 Å². The van der Waals surface area contributed by atoms with Gasteiger partial charge in [0.2, 0.25) is 0 Å². The molecule has 22 heavy (non-hydrogen) atoms. The standard InChI is InChI=1S/C17H22N4O/c1-13-20-15(16-12-18-9-10-22-16)11-17(21-13)19-8-7-14-5-3-2-4-6-14/h2-6,11,16,18H,7-10,12H2,1H3,(H,19,20,21)/t16-/m1/s1. The first-order valence-electron chi connectivity index (χ1n) is 7.77. The molecule has 0 aliphatic carbocycles. The van der Waals surface area contributed by atoms with Crippen molar-refractivity contribution in [3.8, 4) is 0 Å². The van der Waals surface area contributed by atoms with Gasteiger partial charge in [-0.1, -0.05) is 30.3 Å². The molecule has 3 rings (SSSR count). The zero-order valence-corrected chi connectivity index (χ0v) is 12.9. The molecule has 2 heterocycles. The van der Waals surface area contributed by atoms with Crippen LogP contribution < -0.4 is 10.6 Å². The van der Waals surface area contributed by atoms with Gasteiger partial charge in [0.1, 0.15) is 17.7 Å². The summed E-state index contributed by atoms with van der Waals surface area (Å²) in [7, 11) is 0. The van der Waals surface area contributed by atoms with E-state index in [1.165, 1.54) is 5.56 Å². The molecule has 0 radical (unpaired) electrons. The number of morpholine rings is 1. The summed E-state index contributed by atoms with van der Waals surface area (Å²) < 4.78 is 5.77. The summed E-state index contributed by atoms with van der Waals surface area (Å²) in [6.07, 6.45) is 0.992. The maximum Gasteiger partial charge on any atom is 0.130 e. The van der Waals surface area contributed by atoms with Crippen molar-refractivity contribution < 1.29 is 4.74 Å². The average molecular weight is 298 g/mol. The van der Waals surface area contributed by atoms with Gasteiger partial charge >= 0.3 is 0 Å². The fourth-order valence-corrected chi connectivity index (χ4v) is 2.58. The third kappa shape index (κ3) is 4.02. The second-order valence-electron chi connectivity index (χ2n) is 5.45. The van der Waals surface area contributed by atoms with E-state index in [0.29, 0.717) is 0 Å². The highest BCUT2D eigenvalue weighted by molar-refractivity contribution is 5.37. The molecule has 2 aromatic rings. The number of aromatic nitrogens is 2. The Kier molecular flexibility index (Phi) is 4.98. The Hall–Kier alpha value is -1.98. The number of benzene rings is 1. The van der Waals surface area contributed by atoms with Crippen LogP contribution in [0.15, 0.2) is 36.4 Å². The normalized spacial score (nSPS) is 18.1. The molecule has 1 aliphatic rings. The van der Waals surface area contributed by atoms with E-state index in [1.807, 2.05) is 19.1 Å². The molecule has 0 amide bonds. The van der Waals surface area contributed by atoms with Gasteiger partial charge in [-0.15, -0.1) is 0 Å². The number of hydrogen-bond donors (Lipinski definition) is 2. The third-order valence-electron chi connectivity index (χ3n) is 3.68. The average Bonchev–Trinajstić information content (AvgIpc) is 2.56. The molecule has 1 aliphatic heterocycles. The molecule has 0 saturated carbocycles.